The number of hydrogen-bond donors (Lipinski definition) is 6. The number of halogens is 1. The van der Waals surface area contributed by atoms with Crippen LogP contribution in [0.1, 0.15) is 0 Å². The summed E-state index contributed by atoms with van der Waals surface area (Å²) in [5.74, 6) is 5.79. The number of benzene rings is 2. The van der Waals surface area contributed by atoms with Crippen LogP contribution in [0, 0.1) is 0 Å². The number of hydrogen-bond acceptors (Lipinski definition) is 7. The first-order valence-electron chi connectivity index (χ1n) is 6.44. The van der Waals surface area contributed by atoms with Gasteiger partial charge in [-0.3, -0.25) is 5.84 Å². The molecule has 0 atom stereocenters. The molecule has 0 saturated carbocycles. The summed E-state index contributed by atoms with van der Waals surface area (Å²) in [6.07, 6.45) is 0. The molecular formula is C15H18ClN3O2S2. The molecule has 0 aromatic heterocycles. The van der Waals surface area contributed by atoms with Crippen LogP contribution in [0.25, 0.3) is 11.1 Å². The van der Waals surface area contributed by atoms with Crippen molar-refractivity contribution in [2.24, 2.45) is 11.6 Å². The third-order valence-electron chi connectivity index (χ3n) is 2.89. The lowest BCUT2D eigenvalue weighted by atomic mass is 10.1. The lowest BCUT2D eigenvalue weighted by Crippen LogP contribution is -2.28. The topological polar surface area (TPSA) is 93.5 Å². The summed E-state index contributed by atoms with van der Waals surface area (Å²) in [4.78, 5) is 0. The summed E-state index contributed by atoms with van der Waals surface area (Å²) in [5.41, 5.74) is 10.3. The molecule has 0 heterocycles. The van der Waals surface area contributed by atoms with Crippen molar-refractivity contribution in [3.05, 3.63) is 65.1 Å². The SMILES string of the molecule is NN/C(CO)=C(\N)Oc1ccc(-c2ccc(Cl)cc2)cc1.SS. The minimum absolute atomic E-state index is 0.0271. The number of nitrogens with one attached hydrogen (secondary N) is 1. The summed E-state index contributed by atoms with van der Waals surface area (Å²) < 4.78 is 5.40. The van der Waals surface area contributed by atoms with Crippen molar-refractivity contribution in [2.45, 2.75) is 0 Å². The van der Waals surface area contributed by atoms with Crippen LogP contribution in [0.15, 0.2) is 60.1 Å². The predicted molar refractivity (Wildman–Crippen MR) is 101 cm³/mol. The van der Waals surface area contributed by atoms with E-state index in [1.54, 1.807) is 12.1 Å². The van der Waals surface area contributed by atoms with Gasteiger partial charge in [-0.25, -0.2) is 0 Å². The third kappa shape index (κ3) is 5.89. The Balaban J connectivity index is 0.00000127. The van der Waals surface area contributed by atoms with Crippen LogP contribution in [-0.4, -0.2) is 11.7 Å². The number of thiol groups is 2. The summed E-state index contributed by atoms with van der Waals surface area (Å²) in [6, 6.07) is 14.9. The normalized spacial score (nSPS) is 11.0. The lowest BCUT2D eigenvalue weighted by Gasteiger charge is -2.11. The first-order chi connectivity index (χ1) is 11.1. The largest absolute Gasteiger partial charge is 0.440 e. The molecule has 124 valence electrons. The first-order valence-corrected chi connectivity index (χ1v) is 8.42. The number of aliphatic hydroxyl groups excluding tert-OH is 1. The molecule has 0 aliphatic rings. The maximum atomic E-state index is 9.02. The van der Waals surface area contributed by atoms with Crippen molar-refractivity contribution in [2.75, 3.05) is 6.61 Å². The standard InChI is InChI=1S/C15H16ClN3O2.H2S2/c16-12-5-1-10(2-6-12)11-3-7-13(8-4-11)21-15(17)14(9-20)19-18;1-2/h1-8,19-20H,9,17-18H2;1-2H/b15-14+;. The van der Waals surface area contributed by atoms with Crippen LogP contribution < -0.4 is 21.7 Å². The van der Waals surface area contributed by atoms with E-state index in [0.29, 0.717) is 10.8 Å². The van der Waals surface area contributed by atoms with E-state index in [9.17, 15) is 0 Å². The van der Waals surface area contributed by atoms with E-state index in [1.807, 2.05) is 36.4 Å². The predicted octanol–water partition coefficient (Wildman–Crippen LogP) is 2.73. The van der Waals surface area contributed by atoms with Gasteiger partial charge in [-0.2, -0.15) is 0 Å². The first kappa shape index (κ1) is 19.5. The van der Waals surface area contributed by atoms with Crippen LogP contribution in [0.2, 0.25) is 5.02 Å². The fourth-order valence-corrected chi connectivity index (χ4v) is 1.87. The Bertz CT molecular complexity index is 628. The van der Waals surface area contributed by atoms with Gasteiger partial charge in [0.15, 0.2) is 0 Å². The molecule has 0 aliphatic carbocycles. The monoisotopic (exact) mass is 371 g/mol. The molecule has 0 spiro atoms. The lowest BCUT2D eigenvalue weighted by molar-refractivity contribution is 0.305. The van der Waals surface area contributed by atoms with Gasteiger partial charge in [0, 0.05) is 5.02 Å². The van der Waals surface area contributed by atoms with Gasteiger partial charge in [-0.1, -0.05) is 35.9 Å². The van der Waals surface area contributed by atoms with E-state index in [1.165, 1.54) is 0 Å². The molecule has 0 amide bonds. The van der Waals surface area contributed by atoms with Crippen LogP contribution >= 0.6 is 34.9 Å². The van der Waals surface area contributed by atoms with Crippen molar-refractivity contribution < 1.29 is 9.84 Å². The molecule has 0 unspecified atom stereocenters. The van der Waals surface area contributed by atoms with Crippen LogP contribution in [0.4, 0.5) is 0 Å². The van der Waals surface area contributed by atoms with Crippen molar-refractivity contribution >= 4 is 34.9 Å². The second-order valence-corrected chi connectivity index (χ2v) is 4.72. The highest BCUT2D eigenvalue weighted by atomic mass is 35.5. The number of ether oxygens (including phenoxy) is 1. The fraction of sp³-hybridized carbons (Fsp3) is 0.0667. The smallest absolute Gasteiger partial charge is 0.213 e. The number of hydrazine groups is 1. The Morgan fingerprint density at radius 3 is 1.96 bits per heavy atom. The van der Waals surface area contributed by atoms with Crippen molar-refractivity contribution in [1.82, 2.24) is 5.43 Å². The average molecular weight is 372 g/mol. The van der Waals surface area contributed by atoms with Gasteiger partial charge in [0.1, 0.15) is 11.4 Å². The second-order valence-electron chi connectivity index (χ2n) is 4.28. The maximum Gasteiger partial charge on any atom is 0.213 e. The number of aliphatic hydroxyl groups is 1. The highest BCUT2D eigenvalue weighted by Crippen LogP contribution is 2.24. The zero-order valence-electron chi connectivity index (χ0n) is 12.1. The van der Waals surface area contributed by atoms with Crippen molar-refractivity contribution in [3.8, 4) is 16.9 Å². The number of nitrogens with two attached hydrogens (primary N) is 2. The van der Waals surface area contributed by atoms with E-state index < -0.39 is 0 Å². The average Bonchev–Trinajstić information content (AvgIpc) is 2.59. The van der Waals surface area contributed by atoms with E-state index in [0.717, 1.165) is 11.1 Å². The molecule has 0 saturated heterocycles. The van der Waals surface area contributed by atoms with E-state index in [4.69, 9.17) is 33.0 Å². The van der Waals surface area contributed by atoms with Gasteiger partial charge in [-0.15, -0.1) is 23.3 Å². The molecule has 8 heteroatoms. The molecule has 0 bridgehead atoms. The Labute approximate surface area is 150 Å². The molecule has 5 nitrogen and oxygen atoms in total. The molecular weight excluding hydrogens is 354 g/mol. The Morgan fingerprint density at radius 1 is 1.04 bits per heavy atom. The van der Waals surface area contributed by atoms with Crippen LogP contribution in [-0.2, 0) is 0 Å². The molecule has 0 fully saturated rings. The highest BCUT2D eigenvalue weighted by Gasteiger charge is 2.04. The molecule has 23 heavy (non-hydrogen) atoms. The molecule has 2 aromatic rings. The summed E-state index contributed by atoms with van der Waals surface area (Å²) in [6.45, 7) is -0.328. The van der Waals surface area contributed by atoms with E-state index in [-0.39, 0.29) is 18.2 Å². The second kappa shape index (κ2) is 10.3. The van der Waals surface area contributed by atoms with Gasteiger partial charge in [-0.05, 0) is 35.4 Å². The highest BCUT2D eigenvalue weighted by molar-refractivity contribution is 8.59. The maximum absolute atomic E-state index is 9.02. The Hall–Kier alpha value is -1.51. The minimum Gasteiger partial charge on any atom is -0.440 e. The van der Waals surface area contributed by atoms with Gasteiger partial charge in [0.25, 0.3) is 0 Å². The van der Waals surface area contributed by atoms with Gasteiger partial charge in [0.2, 0.25) is 5.88 Å². The van der Waals surface area contributed by atoms with Crippen LogP contribution in [0.5, 0.6) is 5.75 Å². The quantitative estimate of drug-likeness (QED) is 0.160. The minimum atomic E-state index is -0.328. The van der Waals surface area contributed by atoms with Crippen LogP contribution in [0.3, 0.4) is 0 Å². The Kier molecular flexibility index (Phi) is 8.75. The summed E-state index contributed by atoms with van der Waals surface area (Å²) >= 11 is 12.3. The molecule has 6 N–H and O–H groups in total. The summed E-state index contributed by atoms with van der Waals surface area (Å²) in [7, 11) is 0. The zero-order chi connectivity index (χ0) is 17.2. The van der Waals surface area contributed by atoms with E-state index >= 15 is 0 Å². The molecule has 2 aromatic carbocycles. The Morgan fingerprint density at radius 2 is 1.52 bits per heavy atom. The number of rotatable bonds is 5. The van der Waals surface area contributed by atoms with Gasteiger partial charge >= 0.3 is 0 Å². The zero-order valence-corrected chi connectivity index (χ0v) is 14.7. The van der Waals surface area contributed by atoms with Gasteiger partial charge in [0.05, 0.1) is 6.61 Å². The fourth-order valence-electron chi connectivity index (χ4n) is 1.74. The molecule has 2 rings (SSSR count). The van der Waals surface area contributed by atoms with E-state index in [2.05, 4.69) is 28.7 Å². The van der Waals surface area contributed by atoms with Gasteiger partial charge < -0.3 is 21.0 Å². The third-order valence-corrected chi connectivity index (χ3v) is 3.14. The van der Waals surface area contributed by atoms with Crippen molar-refractivity contribution in [1.29, 1.82) is 0 Å². The van der Waals surface area contributed by atoms with Crippen molar-refractivity contribution in [3.63, 3.8) is 0 Å². The summed E-state index contributed by atoms with van der Waals surface area (Å²) in [5, 5.41) is 9.72. The molecule has 0 radical (unpaired) electrons. The molecule has 0 aliphatic heterocycles.